The summed E-state index contributed by atoms with van der Waals surface area (Å²) in [6.45, 7) is 5.31. The van der Waals surface area contributed by atoms with Crippen molar-refractivity contribution in [2.24, 2.45) is 11.1 Å². The van der Waals surface area contributed by atoms with E-state index in [-0.39, 0.29) is 5.41 Å². The Balaban J connectivity index is 2.02. The lowest BCUT2D eigenvalue weighted by Gasteiger charge is -2.30. The molecule has 1 aliphatic rings. The molecule has 1 aromatic rings. The fourth-order valence-corrected chi connectivity index (χ4v) is 3.49. The van der Waals surface area contributed by atoms with Crippen molar-refractivity contribution in [1.82, 2.24) is 9.78 Å². The minimum absolute atomic E-state index is 0.255. The molecule has 1 heterocycles. The molecule has 1 saturated carbocycles. The lowest BCUT2D eigenvalue weighted by Crippen LogP contribution is -2.32. The van der Waals surface area contributed by atoms with Gasteiger partial charge in [-0.1, -0.05) is 39.5 Å². The molecular weight excluding hydrogens is 246 g/mol. The van der Waals surface area contributed by atoms with Gasteiger partial charge < -0.3 is 5.73 Å². The third-order valence-corrected chi connectivity index (χ3v) is 5.16. The monoisotopic (exact) mass is 277 g/mol. The predicted octanol–water partition coefficient (Wildman–Crippen LogP) is 4.09. The zero-order valence-corrected chi connectivity index (χ0v) is 13.3. The van der Waals surface area contributed by atoms with E-state index in [2.05, 4.69) is 30.8 Å². The van der Waals surface area contributed by atoms with Crippen LogP contribution in [0.3, 0.4) is 0 Å². The minimum atomic E-state index is 0.255. The van der Waals surface area contributed by atoms with Crippen LogP contribution in [0.4, 0.5) is 0 Å². The van der Waals surface area contributed by atoms with E-state index in [0.717, 1.165) is 19.4 Å². The van der Waals surface area contributed by atoms with Crippen LogP contribution >= 0.6 is 0 Å². The van der Waals surface area contributed by atoms with Gasteiger partial charge in [0.15, 0.2) is 0 Å². The normalized spacial score (nSPS) is 19.4. The van der Waals surface area contributed by atoms with E-state index >= 15 is 0 Å². The fourth-order valence-electron chi connectivity index (χ4n) is 3.49. The van der Waals surface area contributed by atoms with Crippen LogP contribution in [0.5, 0.6) is 0 Å². The molecule has 3 nitrogen and oxygen atoms in total. The number of unbranched alkanes of at least 4 members (excludes halogenated alkanes) is 1. The fraction of sp³-hybridized carbons (Fsp3) is 0.824. The summed E-state index contributed by atoms with van der Waals surface area (Å²) in [5, 5.41) is 4.84. The minimum Gasteiger partial charge on any atom is -0.330 e. The number of rotatable bonds is 8. The van der Waals surface area contributed by atoms with Gasteiger partial charge in [0.25, 0.3) is 0 Å². The van der Waals surface area contributed by atoms with Gasteiger partial charge in [0.05, 0.1) is 11.7 Å². The van der Waals surface area contributed by atoms with Crippen molar-refractivity contribution >= 4 is 0 Å². The predicted molar refractivity (Wildman–Crippen MR) is 84.7 cm³/mol. The van der Waals surface area contributed by atoms with Crippen molar-refractivity contribution in [3.05, 3.63) is 18.0 Å². The van der Waals surface area contributed by atoms with Gasteiger partial charge in [0.2, 0.25) is 0 Å². The zero-order valence-electron chi connectivity index (χ0n) is 13.3. The zero-order chi connectivity index (χ0) is 14.4. The molecule has 3 heteroatoms. The Labute approximate surface area is 123 Å². The number of hydrogen-bond acceptors (Lipinski definition) is 2. The van der Waals surface area contributed by atoms with E-state index in [1.807, 2.05) is 0 Å². The van der Waals surface area contributed by atoms with Crippen molar-refractivity contribution in [1.29, 1.82) is 0 Å². The van der Waals surface area contributed by atoms with Crippen LogP contribution in [0.1, 0.15) is 76.9 Å². The molecule has 1 aromatic heterocycles. The van der Waals surface area contributed by atoms with E-state index in [1.165, 1.54) is 50.6 Å². The van der Waals surface area contributed by atoms with Crippen LogP contribution in [-0.2, 0) is 6.42 Å². The quantitative estimate of drug-likeness (QED) is 0.778. The van der Waals surface area contributed by atoms with Gasteiger partial charge in [-0.05, 0) is 50.1 Å². The first-order chi connectivity index (χ1) is 9.73. The Kier molecular flexibility index (Phi) is 5.64. The Morgan fingerprint density at radius 3 is 2.70 bits per heavy atom. The standard InChI is InChI=1S/C17H31N3/c1-3-5-11-17(4-2,14-18)13-15-10-12-20(19-15)16-8-6-7-9-16/h10,12,16H,3-9,11,13-14,18H2,1-2H3. The van der Waals surface area contributed by atoms with Crippen LogP contribution in [0.15, 0.2) is 12.3 Å². The van der Waals surface area contributed by atoms with Crippen molar-refractivity contribution in [2.75, 3.05) is 6.54 Å². The van der Waals surface area contributed by atoms with Crippen molar-refractivity contribution < 1.29 is 0 Å². The molecule has 2 rings (SSSR count). The van der Waals surface area contributed by atoms with Gasteiger partial charge in [0.1, 0.15) is 0 Å². The third-order valence-electron chi connectivity index (χ3n) is 5.16. The first-order valence-electron chi connectivity index (χ1n) is 8.47. The molecule has 0 aromatic carbocycles. The van der Waals surface area contributed by atoms with E-state index in [4.69, 9.17) is 10.8 Å². The van der Waals surface area contributed by atoms with Gasteiger partial charge in [0, 0.05) is 6.20 Å². The average Bonchev–Trinajstić information content (AvgIpc) is 3.14. The number of aromatic nitrogens is 2. The highest BCUT2D eigenvalue weighted by molar-refractivity contribution is 5.04. The molecule has 1 unspecified atom stereocenters. The first-order valence-corrected chi connectivity index (χ1v) is 8.47. The van der Waals surface area contributed by atoms with Gasteiger partial charge in [-0.3, -0.25) is 4.68 Å². The topological polar surface area (TPSA) is 43.8 Å². The SMILES string of the molecule is CCCCC(CC)(CN)Cc1ccn(C2CCCC2)n1. The lowest BCUT2D eigenvalue weighted by molar-refractivity contribution is 0.247. The number of nitrogens with two attached hydrogens (primary N) is 1. The van der Waals surface area contributed by atoms with Crippen molar-refractivity contribution in [2.45, 2.75) is 77.7 Å². The Morgan fingerprint density at radius 2 is 2.10 bits per heavy atom. The van der Waals surface area contributed by atoms with Gasteiger partial charge >= 0.3 is 0 Å². The summed E-state index contributed by atoms with van der Waals surface area (Å²) in [6, 6.07) is 2.86. The molecule has 114 valence electrons. The number of hydrogen-bond donors (Lipinski definition) is 1. The van der Waals surface area contributed by atoms with Gasteiger partial charge in [-0.2, -0.15) is 5.10 Å². The maximum atomic E-state index is 6.10. The largest absolute Gasteiger partial charge is 0.330 e. The summed E-state index contributed by atoms with van der Waals surface area (Å²) >= 11 is 0. The maximum Gasteiger partial charge on any atom is 0.0630 e. The summed E-state index contributed by atoms with van der Waals surface area (Å²) in [5.74, 6) is 0. The first kappa shape index (κ1) is 15.6. The van der Waals surface area contributed by atoms with Crippen LogP contribution in [0, 0.1) is 5.41 Å². The molecule has 20 heavy (non-hydrogen) atoms. The Morgan fingerprint density at radius 1 is 1.35 bits per heavy atom. The smallest absolute Gasteiger partial charge is 0.0630 e. The molecule has 1 atom stereocenters. The summed E-state index contributed by atoms with van der Waals surface area (Å²) < 4.78 is 2.21. The van der Waals surface area contributed by atoms with Crippen LogP contribution < -0.4 is 5.73 Å². The second-order valence-corrected chi connectivity index (χ2v) is 6.56. The van der Waals surface area contributed by atoms with Crippen LogP contribution in [0.25, 0.3) is 0 Å². The van der Waals surface area contributed by atoms with E-state index in [1.54, 1.807) is 0 Å². The Hall–Kier alpha value is -0.830. The molecule has 0 aliphatic heterocycles. The third kappa shape index (κ3) is 3.63. The molecule has 1 aliphatic carbocycles. The Bertz CT molecular complexity index is 387. The van der Waals surface area contributed by atoms with Crippen LogP contribution in [0.2, 0.25) is 0 Å². The van der Waals surface area contributed by atoms with Crippen LogP contribution in [-0.4, -0.2) is 16.3 Å². The van der Waals surface area contributed by atoms with Gasteiger partial charge in [-0.25, -0.2) is 0 Å². The maximum absolute atomic E-state index is 6.10. The molecule has 1 fully saturated rings. The van der Waals surface area contributed by atoms with E-state index < -0.39 is 0 Å². The summed E-state index contributed by atoms with van der Waals surface area (Å²) in [6.07, 6.45) is 13.4. The van der Waals surface area contributed by atoms with Crippen molar-refractivity contribution in [3.8, 4) is 0 Å². The summed E-state index contributed by atoms with van der Waals surface area (Å²) in [7, 11) is 0. The molecule has 2 N–H and O–H groups in total. The highest BCUT2D eigenvalue weighted by atomic mass is 15.3. The number of nitrogens with zero attached hydrogens (tertiary/aromatic N) is 2. The van der Waals surface area contributed by atoms with E-state index in [0.29, 0.717) is 6.04 Å². The molecule has 0 bridgehead atoms. The molecule has 0 saturated heterocycles. The van der Waals surface area contributed by atoms with E-state index in [9.17, 15) is 0 Å². The second-order valence-electron chi connectivity index (χ2n) is 6.56. The molecule has 0 radical (unpaired) electrons. The average molecular weight is 277 g/mol. The second kappa shape index (κ2) is 7.26. The lowest BCUT2D eigenvalue weighted by atomic mass is 9.76. The molecular formula is C17H31N3. The molecule has 0 amide bonds. The highest BCUT2D eigenvalue weighted by Crippen LogP contribution is 2.33. The molecule has 0 spiro atoms. The summed E-state index contributed by atoms with van der Waals surface area (Å²) in [4.78, 5) is 0. The van der Waals surface area contributed by atoms with Crippen molar-refractivity contribution in [3.63, 3.8) is 0 Å². The highest BCUT2D eigenvalue weighted by Gasteiger charge is 2.27. The summed E-state index contributed by atoms with van der Waals surface area (Å²) in [5.41, 5.74) is 7.59. The van der Waals surface area contributed by atoms with Gasteiger partial charge in [-0.15, -0.1) is 0 Å².